The molecule has 1 N–H and O–H groups in total. The smallest absolute Gasteiger partial charge is 0.0798 e. The third kappa shape index (κ3) is 3.03. The Labute approximate surface area is 118 Å². The molecule has 1 saturated heterocycles. The molecular formula is C15H19N3S. The number of thiazole rings is 1. The summed E-state index contributed by atoms with van der Waals surface area (Å²) in [6, 6.07) is 11.2. The second kappa shape index (κ2) is 5.82. The summed E-state index contributed by atoms with van der Waals surface area (Å²) in [4.78, 5) is 8.25. The highest BCUT2D eigenvalue weighted by Gasteiger charge is 2.21. The van der Waals surface area contributed by atoms with Gasteiger partial charge in [-0.15, -0.1) is 11.3 Å². The molecule has 1 aliphatic rings. The molecule has 1 unspecified atom stereocenters. The van der Waals surface area contributed by atoms with E-state index in [4.69, 9.17) is 0 Å². The van der Waals surface area contributed by atoms with Crippen molar-refractivity contribution in [3.05, 3.63) is 52.0 Å². The molecule has 0 spiro atoms. The van der Waals surface area contributed by atoms with Gasteiger partial charge < -0.3 is 5.32 Å². The van der Waals surface area contributed by atoms with Gasteiger partial charge in [-0.2, -0.15) is 0 Å². The fourth-order valence-corrected chi connectivity index (χ4v) is 3.36. The Hall–Kier alpha value is -1.23. The van der Waals surface area contributed by atoms with Gasteiger partial charge in [0.25, 0.3) is 0 Å². The van der Waals surface area contributed by atoms with Gasteiger partial charge in [0.1, 0.15) is 0 Å². The van der Waals surface area contributed by atoms with Gasteiger partial charge in [-0.1, -0.05) is 30.3 Å². The fraction of sp³-hybridized carbons (Fsp3) is 0.400. The van der Waals surface area contributed by atoms with E-state index in [1.54, 1.807) is 11.3 Å². The van der Waals surface area contributed by atoms with Crippen LogP contribution in [0.2, 0.25) is 0 Å². The number of aromatic nitrogens is 1. The van der Waals surface area contributed by atoms with Crippen LogP contribution in [-0.2, 0) is 6.54 Å². The van der Waals surface area contributed by atoms with Crippen molar-refractivity contribution in [1.82, 2.24) is 15.2 Å². The van der Waals surface area contributed by atoms with Crippen LogP contribution in [0, 0.1) is 6.92 Å². The summed E-state index contributed by atoms with van der Waals surface area (Å²) in [6.07, 6.45) is 0. The standard InChI is InChI=1S/C15H19N3S/c1-12-15(19-11-17-12)10-18-8-7-16-14(9-18)13-5-3-2-4-6-13/h2-6,11,14,16H,7-10H2,1H3. The maximum Gasteiger partial charge on any atom is 0.0798 e. The zero-order chi connectivity index (χ0) is 13.1. The third-order valence-electron chi connectivity index (χ3n) is 3.67. The molecule has 0 aliphatic carbocycles. The fourth-order valence-electron chi connectivity index (χ4n) is 2.54. The van der Waals surface area contributed by atoms with E-state index in [-0.39, 0.29) is 0 Å². The van der Waals surface area contributed by atoms with Crippen molar-refractivity contribution in [2.24, 2.45) is 0 Å². The van der Waals surface area contributed by atoms with Gasteiger partial charge in [0.05, 0.1) is 11.2 Å². The van der Waals surface area contributed by atoms with E-state index < -0.39 is 0 Å². The van der Waals surface area contributed by atoms with Crippen LogP contribution < -0.4 is 5.32 Å². The van der Waals surface area contributed by atoms with Crippen molar-refractivity contribution in [2.75, 3.05) is 19.6 Å². The summed E-state index contributed by atoms with van der Waals surface area (Å²) in [5.74, 6) is 0. The number of aryl methyl sites for hydroxylation is 1. The predicted molar refractivity (Wildman–Crippen MR) is 79.3 cm³/mol. The van der Waals surface area contributed by atoms with Crippen LogP contribution in [-0.4, -0.2) is 29.5 Å². The molecule has 1 aliphatic heterocycles. The number of benzene rings is 1. The summed E-state index contributed by atoms with van der Waals surface area (Å²) in [5.41, 5.74) is 4.51. The molecular weight excluding hydrogens is 254 g/mol. The normalized spacial score (nSPS) is 20.6. The van der Waals surface area contributed by atoms with E-state index in [1.807, 2.05) is 5.51 Å². The lowest BCUT2D eigenvalue weighted by molar-refractivity contribution is 0.194. The number of hydrogen-bond acceptors (Lipinski definition) is 4. The van der Waals surface area contributed by atoms with E-state index in [0.29, 0.717) is 6.04 Å². The molecule has 1 fully saturated rings. The Kier molecular flexibility index (Phi) is 3.92. The number of hydrogen-bond donors (Lipinski definition) is 1. The second-order valence-electron chi connectivity index (χ2n) is 5.01. The molecule has 0 radical (unpaired) electrons. The largest absolute Gasteiger partial charge is 0.308 e. The van der Waals surface area contributed by atoms with E-state index in [0.717, 1.165) is 26.2 Å². The van der Waals surface area contributed by atoms with Gasteiger partial charge in [-0.3, -0.25) is 4.90 Å². The van der Waals surface area contributed by atoms with Crippen molar-refractivity contribution in [1.29, 1.82) is 0 Å². The average Bonchev–Trinajstić information content (AvgIpc) is 2.86. The van der Waals surface area contributed by atoms with Gasteiger partial charge in [0, 0.05) is 37.1 Å². The molecule has 1 atom stereocenters. The number of nitrogens with zero attached hydrogens (tertiary/aromatic N) is 2. The lowest BCUT2D eigenvalue weighted by atomic mass is 10.0. The molecule has 100 valence electrons. The molecule has 3 rings (SSSR count). The highest BCUT2D eigenvalue weighted by molar-refractivity contribution is 7.09. The number of rotatable bonds is 3. The molecule has 2 aromatic rings. The van der Waals surface area contributed by atoms with Gasteiger partial charge in [0.2, 0.25) is 0 Å². The quantitative estimate of drug-likeness (QED) is 0.931. The van der Waals surface area contributed by atoms with Gasteiger partial charge in [-0.05, 0) is 12.5 Å². The van der Waals surface area contributed by atoms with Gasteiger partial charge in [-0.25, -0.2) is 4.98 Å². The van der Waals surface area contributed by atoms with Crippen LogP contribution in [0.3, 0.4) is 0 Å². The van der Waals surface area contributed by atoms with Crippen molar-refractivity contribution in [3.63, 3.8) is 0 Å². The summed E-state index contributed by atoms with van der Waals surface area (Å²) >= 11 is 1.77. The van der Waals surface area contributed by atoms with Crippen LogP contribution in [0.4, 0.5) is 0 Å². The minimum atomic E-state index is 0.447. The summed E-state index contributed by atoms with van der Waals surface area (Å²) in [7, 11) is 0. The molecule has 2 heterocycles. The molecule has 1 aromatic heterocycles. The van der Waals surface area contributed by atoms with Crippen LogP contribution in [0.25, 0.3) is 0 Å². The summed E-state index contributed by atoms with van der Waals surface area (Å²) in [5, 5.41) is 3.61. The first-order valence-electron chi connectivity index (χ1n) is 6.72. The average molecular weight is 273 g/mol. The first-order valence-corrected chi connectivity index (χ1v) is 7.60. The van der Waals surface area contributed by atoms with Crippen LogP contribution in [0.15, 0.2) is 35.8 Å². The Morgan fingerprint density at radius 2 is 2.21 bits per heavy atom. The van der Waals surface area contributed by atoms with Crippen LogP contribution >= 0.6 is 11.3 Å². The predicted octanol–water partition coefficient (Wildman–Crippen LogP) is 2.60. The number of piperazine rings is 1. The van der Waals surface area contributed by atoms with Gasteiger partial charge >= 0.3 is 0 Å². The molecule has 3 nitrogen and oxygen atoms in total. The van der Waals surface area contributed by atoms with Crippen LogP contribution in [0.1, 0.15) is 22.2 Å². The minimum absolute atomic E-state index is 0.447. The Bertz CT molecular complexity index is 523. The Morgan fingerprint density at radius 1 is 1.37 bits per heavy atom. The van der Waals surface area contributed by atoms with E-state index in [1.165, 1.54) is 16.1 Å². The number of nitrogens with one attached hydrogen (secondary N) is 1. The highest BCUT2D eigenvalue weighted by atomic mass is 32.1. The first-order chi connectivity index (χ1) is 9.33. The third-order valence-corrected chi connectivity index (χ3v) is 4.59. The van der Waals surface area contributed by atoms with Crippen molar-refractivity contribution < 1.29 is 0 Å². The van der Waals surface area contributed by atoms with E-state index >= 15 is 0 Å². The molecule has 19 heavy (non-hydrogen) atoms. The second-order valence-corrected chi connectivity index (χ2v) is 5.95. The maximum atomic E-state index is 4.34. The molecule has 0 saturated carbocycles. The lowest BCUT2D eigenvalue weighted by Crippen LogP contribution is -2.45. The monoisotopic (exact) mass is 273 g/mol. The minimum Gasteiger partial charge on any atom is -0.308 e. The first kappa shape index (κ1) is 12.8. The molecule has 4 heteroatoms. The lowest BCUT2D eigenvalue weighted by Gasteiger charge is -2.33. The van der Waals surface area contributed by atoms with Crippen molar-refractivity contribution >= 4 is 11.3 Å². The van der Waals surface area contributed by atoms with E-state index in [9.17, 15) is 0 Å². The highest BCUT2D eigenvalue weighted by Crippen LogP contribution is 2.20. The topological polar surface area (TPSA) is 28.2 Å². The SMILES string of the molecule is Cc1ncsc1CN1CCNC(c2ccccc2)C1. The molecule has 1 aromatic carbocycles. The zero-order valence-electron chi connectivity index (χ0n) is 11.2. The van der Waals surface area contributed by atoms with Crippen LogP contribution in [0.5, 0.6) is 0 Å². The van der Waals surface area contributed by atoms with Gasteiger partial charge in [0.15, 0.2) is 0 Å². The molecule has 0 bridgehead atoms. The summed E-state index contributed by atoms with van der Waals surface area (Å²) < 4.78 is 0. The zero-order valence-corrected chi connectivity index (χ0v) is 12.0. The van der Waals surface area contributed by atoms with E-state index in [2.05, 4.69) is 52.5 Å². The maximum absolute atomic E-state index is 4.34. The molecule has 0 amide bonds. The van der Waals surface area contributed by atoms with Crippen molar-refractivity contribution in [3.8, 4) is 0 Å². The summed E-state index contributed by atoms with van der Waals surface area (Å²) in [6.45, 7) is 6.36. The Morgan fingerprint density at radius 3 is 2.95 bits per heavy atom. The van der Waals surface area contributed by atoms with Crippen molar-refractivity contribution in [2.45, 2.75) is 19.5 Å². The Balaban J connectivity index is 1.67.